The van der Waals surface area contributed by atoms with Crippen molar-refractivity contribution in [2.75, 3.05) is 19.1 Å². The van der Waals surface area contributed by atoms with Crippen LogP contribution in [0.15, 0.2) is 97.1 Å². The Morgan fingerprint density at radius 2 is 1.51 bits per heavy atom. The fourth-order valence-electron chi connectivity index (χ4n) is 7.79. The van der Waals surface area contributed by atoms with Crippen molar-refractivity contribution in [2.24, 2.45) is 11.3 Å². The standard InChI is InChI=1S/C39H35NO5/c1-23(2)21-24-13-15-26(16-14-24)36(41)35-34(30-22-27(44-3)18-19-32(30)45-4)39(37(42)28-10-6-7-11-29(28)38(39)43)33-20-17-25-9-5-8-12-31(25)40(33)35/h5-20,22-23,33-35H,21H2,1-4H3/t33-,34-,35+/m1/s1. The molecule has 3 aliphatic rings. The van der Waals surface area contributed by atoms with E-state index in [1.165, 1.54) is 0 Å². The molecule has 1 saturated heterocycles. The molecular weight excluding hydrogens is 562 g/mol. The van der Waals surface area contributed by atoms with Gasteiger partial charge in [0.15, 0.2) is 17.3 Å². The molecule has 4 aromatic rings. The third kappa shape index (κ3) is 4.19. The van der Waals surface area contributed by atoms with Crippen LogP contribution in [0.4, 0.5) is 5.69 Å². The van der Waals surface area contributed by atoms with Gasteiger partial charge in [0.25, 0.3) is 0 Å². The first-order chi connectivity index (χ1) is 21.8. The zero-order chi connectivity index (χ0) is 31.5. The van der Waals surface area contributed by atoms with Crippen molar-refractivity contribution in [1.82, 2.24) is 0 Å². The first-order valence-electron chi connectivity index (χ1n) is 15.4. The van der Waals surface area contributed by atoms with Crippen LogP contribution < -0.4 is 14.4 Å². The second-order valence-electron chi connectivity index (χ2n) is 12.5. The minimum atomic E-state index is -1.62. The molecule has 3 atom stereocenters. The van der Waals surface area contributed by atoms with Crippen molar-refractivity contribution in [1.29, 1.82) is 0 Å². The van der Waals surface area contributed by atoms with Gasteiger partial charge in [-0.25, -0.2) is 0 Å². The van der Waals surface area contributed by atoms with Gasteiger partial charge in [-0.2, -0.15) is 0 Å². The van der Waals surface area contributed by atoms with Gasteiger partial charge < -0.3 is 14.4 Å². The van der Waals surface area contributed by atoms with Gasteiger partial charge in [-0.1, -0.05) is 92.7 Å². The predicted molar refractivity (Wildman–Crippen MR) is 175 cm³/mol. The Hall–Kier alpha value is -4.97. The van der Waals surface area contributed by atoms with Crippen molar-refractivity contribution < 1.29 is 23.9 Å². The summed E-state index contributed by atoms with van der Waals surface area (Å²) in [5, 5.41) is 0. The van der Waals surface area contributed by atoms with E-state index in [1.807, 2.05) is 71.6 Å². The number of hydrogen-bond acceptors (Lipinski definition) is 6. The fourth-order valence-corrected chi connectivity index (χ4v) is 7.79. The molecular formula is C39H35NO5. The van der Waals surface area contributed by atoms with Gasteiger partial charge in [-0.3, -0.25) is 14.4 Å². The Bertz CT molecular complexity index is 1840. The van der Waals surface area contributed by atoms with E-state index in [9.17, 15) is 9.59 Å². The number of ketones is 3. The zero-order valence-electron chi connectivity index (χ0n) is 25.8. The van der Waals surface area contributed by atoms with Gasteiger partial charge in [-0.15, -0.1) is 0 Å². The summed E-state index contributed by atoms with van der Waals surface area (Å²) in [5.41, 5.74) is 3.13. The predicted octanol–water partition coefficient (Wildman–Crippen LogP) is 7.22. The van der Waals surface area contributed by atoms with Crippen LogP contribution in [0, 0.1) is 11.3 Å². The molecule has 0 saturated carbocycles. The monoisotopic (exact) mass is 597 g/mol. The number of carbonyl (C=O) groups is 3. The molecule has 2 aliphatic heterocycles. The van der Waals surface area contributed by atoms with E-state index in [-0.39, 0.29) is 17.3 Å². The minimum absolute atomic E-state index is 0.162. The number of rotatable bonds is 7. The van der Waals surface area contributed by atoms with Crippen molar-refractivity contribution in [3.8, 4) is 11.5 Å². The van der Waals surface area contributed by atoms with Gasteiger partial charge in [0.2, 0.25) is 0 Å². The van der Waals surface area contributed by atoms with E-state index < -0.39 is 23.4 Å². The highest BCUT2D eigenvalue weighted by Crippen LogP contribution is 2.62. The molecule has 2 heterocycles. The first-order valence-corrected chi connectivity index (χ1v) is 15.4. The average molecular weight is 598 g/mol. The summed E-state index contributed by atoms with van der Waals surface area (Å²) < 4.78 is 11.5. The summed E-state index contributed by atoms with van der Waals surface area (Å²) in [6.07, 6.45) is 4.80. The van der Waals surface area contributed by atoms with Crippen LogP contribution in [-0.4, -0.2) is 43.7 Å². The molecule has 0 unspecified atom stereocenters. The maximum atomic E-state index is 15.0. The quantitative estimate of drug-likeness (QED) is 0.166. The van der Waals surface area contributed by atoms with Gasteiger partial charge in [0, 0.05) is 33.9 Å². The molecule has 0 bridgehead atoms. The number of methoxy groups -OCH3 is 2. The summed E-state index contributed by atoms with van der Waals surface area (Å²) >= 11 is 0. The molecule has 0 N–H and O–H groups in total. The number of Topliss-reactive ketones (excluding diaryl/α,β-unsaturated/α-hetero) is 3. The first kappa shape index (κ1) is 28.8. The SMILES string of the molecule is COc1ccc(OC)c([C@@H]2[C@@H](C(=O)c3ccc(CC(C)C)cc3)N3c4ccccc4C=C[C@@H]3C23C(=O)c2ccccc2C3=O)c1. The van der Waals surface area contributed by atoms with Crippen molar-refractivity contribution in [3.05, 3.63) is 130 Å². The third-order valence-electron chi connectivity index (χ3n) is 9.64. The van der Waals surface area contributed by atoms with E-state index >= 15 is 4.79 Å². The molecule has 1 spiro atoms. The lowest BCUT2D eigenvalue weighted by atomic mass is 9.64. The lowest BCUT2D eigenvalue weighted by molar-refractivity contribution is 0.0664. The maximum Gasteiger partial charge on any atom is 0.185 e. The number of carbonyl (C=O) groups excluding carboxylic acids is 3. The number of ether oxygens (including phenoxy) is 2. The topological polar surface area (TPSA) is 72.9 Å². The maximum absolute atomic E-state index is 15.0. The Kier molecular flexibility index (Phi) is 6.96. The van der Waals surface area contributed by atoms with Crippen LogP contribution in [0.3, 0.4) is 0 Å². The van der Waals surface area contributed by atoms with Crippen LogP contribution in [0.25, 0.3) is 6.08 Å². The normalized spacial score (nSPS) is 20.7. The van der Waals surface area contributed by atoms with Crippen molar-refractivity contribution in [3.63, 3.8) is 0 Å². The number of fused-ring (bicyclic) bond motifs is 5. The Morgan fingerprint density at radius 1 is 0.844 bits per heavy atom. The van der Waals surface area contributed by atoms with Crippen LogP contribution in [0.1, 0.15) is 67.5 Å². The largest absolute Gasteiger partial charge is 0.497 e. The second kappa shape index (κ2) is 10.9. The molecule has 45 heavy (non-hydrogen) atoms. The van der Waals surface area contributed by atoms with E-state index in [0.29, 0.717) is 39.7 Å². The molecule has 4 aromatic carbocycles. The van der Waals surface area contributed by atoms with Gasteiger partial charge in [0.1, 0.15) is 23.0 Å². The van der Waals surface area contributed by atoms with E-state index in [2.05, 4.69) is 13.8 Å². The highest BCUT2D eigenvalue weighted by molar-refractivity contribution is 6.32. The van der Waals surface area contributed by atoms with E-state index in [1.54, 1.807) is 50.6 Å². The van der Waals surface area contributed by atoms with E-state index in [4.69, 9.17) is 9.47 Å². The lowest BCUT2D eigenvalue weighted by Crippen LogP contribution is -2.48. The molecule has 226 valence electrons. The van der Waals surface area contributed by atoms with Gasteiger partial charge >= 0.3 is 0 Å². The molecule has 1 aliphatic carbocycles. The molecule has 0 radical (unpaired) electrons. The highest BCUT2D eigenvalue weighted by Gasteiger charge is 2.72. The number of benzene rings is 4. The molecule has 6 nitrogen and oxygen atoms in total. The van der Waals surface area contributed by atoms with Crippen LogP contribution in [0.2, 0.25) is 0 Å². The summed E-state index contributed by atoms with van der Waals surface area (Å²) in [4.78, 5) is 46.9. The van der Waals surface area contributed by atoms with Gasteiger partial charge in [-0.05, 0) is 47.7 Å². The Labute approximate surface area is 263 Å². The van der Waals surface area contributed by atoms with E-state index in [0.717, 1.165) is 23.2 Å². The van der Waals surface area contributed by atoms with Crippen LogP contribution in [0.5, 0.6) is 11.5 Å². The Balaban J connectivity index is 1.52. The smallest absolute Gasteiger partial charge is 0.185 e. The summed E-state index contributed by atoms with van der Waals surface area (Å²) in [5.74, 6) is -0.104. The van der Waals surface area contributed by atoms with Gasteiger partial charge in [0.05, 0.1) is 20.3 Å². The van der Waals surface area contributed by atoms with Crippen molar-refractivity contribution >= 4 is 29.1 Å². The second-order valence-corrected chi connectivity index (χ2v) is 12.5. The molecule has 0 aromatic heterocycles. The highest BCUT2D eigenvalue weighted by atomic mass is 16.5. The van der Waals surface area contributed by atoms with Crippen molar-refractivity contribution in [2.45, 2.75) is 38.3 Å². The molecule has 7 rings (SSSR count). The summed E-state index contributed by atoms with van der Waals surface area (Å²) in [6, 6.07) is 26.3. The molecule has 0 amide bonds. The number of para-hydroxylation sites is 1. The minimum Gasteiger partial charge on any atom is -0.497 e. The van der Waals surface area contributed by atoms with Crippen LogP contribution >= 0.6 is 0 Å². The molecule has 1 fully saturated rings. The number of hydrogen-bond donors (Lipinski definition) is 0. The molecule has 6 heteroatoms. The zero-order valence-corrected chi connectivity index (χ0v) is 25.8. The summed E-state index contributed by atoms with van der Waals surface area (Å²) in [7, 11) is 3.13. The lowest BCUT2D eigenvalue weighted by Gasteiger charge is -2.37. The van der Waals surface area contributed by atoms with Crippen LogP contribution in [-0.2, 0) is 6.42 Å². The fraction of sp³-hybridized carbons (Fsp3) is 0.256. The Morgan fingerprint density at radius 3 is 2.16 bits per heavy atom. The number of anilines is 1. The summed E-state index contributed by atoms with van der Waals surface area (Å²) in [6.45, 7) is 4.33. The third-order valence-corrected chi connectivity index (χ3v) is 9.64. The average Bonchev–Trinajstić information content (AvgIpc) is 3.50. The number of nitrogens with zero attached hydrogens (tertiary/aromatic N) is 1.